The minimum absolute atomic E-state index is 0.0843. The van der Waals surface area contributed by atoms with Crippen molar-refractivity contribution in [1.29, 1.82) is 0 Å². The highest BCUT2D eigenvalue weighted by Gasteiger charge is 2.09. The lowest BCUT2D eigenvalue weighted by Crippen LogP contribution is -1.79. The summed E-state index contributed by atoms with van der Waals surface area (Å²) in [6, 6.07) is 13.0. The molecule has 2 N–H and O–H groups in total. The molecule has 1 heterocycles. The number of nitrogens with zero attached hydrogens (tertiary/aromatic N) is 1. The van der Waals surface area contributed by atoms with Crippen LogP contribution in [0.25, 0.3) is 10.9 Å². The van der Waals surface area contributed by atoms with Crippen LogP contribution in [-0.2, 0) is 0 Å². The molecule has 0 saturated heterocycles. The van der Waals surface area contributed by atoms with Crippen LogP contribution in [0.5, 0.6) is 5.88 Å². The number of benzene rings is 2. The van der Waals surface area contributed by atoms with E-state index in [9.17, 15) is 5.11 Å². The van der Waals surface area contributed by atoms with Crippen molar-refractivity contribution < 1.29 is 5.11 Å². The monoisotopic (exact) mass is 348 g/mol. The zero-order valence-electron chi connectivity index (χ0n) is 10.3. The van der Waals surface area contributed by atoms with Crippen LogP contribution >= 0.6 is 27.5 Å². The topological polar surface area (TPSA) is 48.4 Å². The maximum absolute atomic E-state index is 9.96. The molecule has 0 aliphatic heterocycles. The van der Waals surface area contributed by atoms with Gasteiger partial charge in [0.15, 0.2) is 5.88 Å². The first-order valence-electron chi connectivity index (χ1n) is 5.93. The first kappa shape index (κ1) is 13.2. The van der Waals surface area contributed by atoms with E-state index in [1.807, 2.05) is 30.3 Å². The van der Waals surface area contributed by atoms with Crippen LogP contribution in [0.4, 0.5) is 5.69 Å². The highest BCUT2D eigenvalue weighted by molar-refractivity contribution is 9.10. The summed E-state index contributed by atoms with van der Waals surface area (Å²) in [5, 5.41) is 11.4. The van der Waals surface area contributed by atoms with Gasteiger partial charge in [-0.15, -0.1) is 0 Å². The van der Waals surface area contributed by atoms with Gasteiger partial charge in [-0.25, -0.2) is 0 Å². The summed E-state index contributed by atoms with van der Waals surface area (Å²) >= 11 is 9.39. The standard InChI is InChI=1S/C15H10BrClN2O/c16-9-2-1-3-11(6-9)18-8-13-12-7-10(17)4-5-14(12)19-15(13)20/h1-8,19-20H. The van der Waals surface area contributed by atoms with Crippen molar-refractivity contribution in [3.8, 4) is 5.88 Å². The van der Waals surface area contributed by atoms with E-state index in [0.29, 0.717) is 10.6 Å². The number of aromatic hydroxyl groups is 1. The van der Waals surface area contributed by atoms with Crippen molar-refractivity contribution in [2.45, 2.75) is 0 Å². The molecule has 100 valence electrons. The van der Waals surface area contributed by atoms with Gasteiger partial charge in [0.25, 0.3) is 0 Å². The summed E-state index contributed by atoms with van der Waals surface area (Å²) in [5.74, 6) is 0.0843. The van der Waals surface area contributed by atoms with E-state index in [0.717, 1.165) is 21.1 Å². The van der Waals surface area contributed by atoms with Crippen molar-refractivity contribution in [3.05, 3.63) is 57.5 Å². The number of hydrogen-bond donors (Lipinski definition) is 2. The highest BCUT2D eigenvalue weighted by Crippen LogP contribution is 2.28. The first-order chi connectivity index (χ1) is 9.63. The Balaban J connectivity index is 2.06. The Hall–Kier alpha value is -1.78. The molecule has 0 fully saturated rings. The molecule has 3 rings (SSSR count). The van der Waals surface area contributed by atoms with E-state index in [2.05, 4.69) is 25.9 Å². The van der Waals surface area contributed by atoms with Crippen molar-refractivity contribution in [1.82, 2.24) is 4.98 Å². The molecule has 5 heteroatoms. The van der Waals surface area contributed by atoms with E-state index >= 15 is 0 Å². The average Bonchev–Trinajstić information content (AvgIpc) is 2.72. The summed E-state index contributed by atoms with van der Waals surface area (Å²) in [5.41, 5.74) is 2.25. The Kier molecular flexibility index (Phi) is 3.51. The average molecular weight is 350 g/mol. The molecule has 0 unspecified atom stereocenters. The first-order valence-corrected chi connectivity index (χ1v) is 7.10. The van der Waals surface area contributed by atoms with E-state index in [1.54, 1.807) is 18.3 Å². The largest absolute Gasteiger partial charge is 0.494 e. The van der Waals surface area contributed by atoms with Gasteiger partial charge in [-0.3, -0.25) is 4.99 Å². The molecule has 3 nitrogen and oxygen atoms in total. The molecule has 1 aromatic heterocycles. The number of aromatic amines is 1. The van der Waals surface area contributed by atoms with E-state index in [1.165, 1.54) is 0 Å². The summed E-state index contributed by atoms with van der Waals surface area (Å²) in [6.07, 6.45) is 1.63. The molecule has 0 radical (unpaired) electrons. The van der Waals surface area contributed by atoms with Crippen LogP contribution in [0.1, 0.15) is 5.56 Å². The van der Waals surface area contributed by atoms with E-state index in [-0.39, 0.29) is 5.88 Å². The maximum Gasteiger partial charge on any atom is 0.198 e. The van der Waals surface area contributed by atoms with Crippen molar-refractivity contribution in [3.63, 3.8) is 0 Å². The molecule has 0 bridgehead atoms. The molecule has 20 heavy (non-hydrogen) atoms. The zero-order valence-corrected chi connectivity index (χ0v) is 12.6. The number of H-pyrrole nitrogens is 1. The van der Waals surface area contributed by atoms with Crippen molar-refractivity contribution >= 4 is 50.3 Å². The minimum Gasteiger partial charge on any atom is -0.494 e. The number of fused-ring (bicyclic) bond motifs is 1. The number of hydrogen-bond acceptors (Lipinski definition) is 2. The van der Waals surface area contributed by atoms with Gasteiger partial charge in [0, 0.05) is 26.6 Å². The number of rotatable bonds is 2. The Morgan fingerprint density at radius 1 is 1.20 bits per heavy atom. The van der Waals surface area contributed by atoms with E-state index in [4.69, 9.17) is 11.6 Å². The minimum atomic E-state index is 0.0843. The fourth-order valence-corrected chi connectivity index (χ4v) is 2.56. The fraction of sp³-hybridized carbons (Fsp3) is 0. The van der Waals surface area contributed by atoms with Crippen LogP contribution in [0.15, 0.2) is 51.9 Å². The van der Waals surface area contributed by atoms with Crippen LogP contribution in [0.3, 0.4) is 0 Å². The van der Waals surface area contributed by atoms with Gasteiger partial charge < -0.3 is 10.1 Å². The molecule has 2 aromatic carbocycles. The summed E-state index contributed by atoms with van der Waals surface area (Å²) < 4.78 is 0.957. The van der Waals surface area contributed by atoms with Crippen LogP contribution in [0, 0.1) is 0 Å². The van der Waals surface area contributed by atoms with Gasteiger partial charge >= 0.3 is 0 Å². The smallest absolute Gasteiger partial charge is 0.198 e. The number of nitrogens with one attached hydrogen (secondary N) is 1. The second-order valence-corrected chi connectivity index (χ2v) is 5.67. The van der Waals surface area contributed by atoms with Crippen LogP contribution in [0.2, 0.25) is 5.02 Å². The van der Waals surface area contributed by atoms with Gasteiger partial charge in [-0.1, -0.05) is 33.6 Å². The molecular weight excluding hydrogens is 340 g/mol. The Bertz CT molecular complexity index is 811. The predicted octanol–water partition coefficient (Wildman–Crippen LogP) is 5.04. The number of aromatic nitrogens is 1. The normalized spacial score (nSPS) is 11.5. The second kappa shape index (κ2) is 5.31. The molecule has 0 aliphatic carbocycles. The Labute approximate surface area is 129 Å². The molecule has 0 amide bonds. The SMILES string of the molecule is Oc1[nH]c2ccc(Cl)cc2c1C=Nc1cccc(Br)c1. The summed E-state index contributed by atoms with van der Waals surface area (Å²) in [6.45, 7) is 0. The lowest BCUT2D eigenvalue weighted by Gasteiger charge is -1.96. The third kappa shape index (κ3) is 2.57. The number of aliphatic imine (C=N–C) groups is 1. The van der Waals surface area contributed by atoms with Crippen LogP contribution in [-0.4, -0.2) is 16.3 Å². The van der Waals surface area contributed by atoms with Gasteiger partial charge in [-0.2, -0.15) is 0 Å². The molecule has 0 aliphatic rings. The molecular formula is C15H10BrClN2O. The van der Waals surface area contributed by atoms with Crippen molar-refractivity contribution in [2.24, 2.45) is 4.99 Å². The maximum atomic E-state index is 9.96. The molecule has 0 saturated carbocycles. The van der Waals surface area contributed by atoms with E-state index < -0.39 is 0 Å². The predicted molar refractivity (Wildman–Crippen MR) is 86.4 cm³/mol. The highest BCUT2D eigenvalue weighted by atomic mass is 79.9. The third-order valence-corrected chi connectivity index (χ3v) is 3.66. The van der Waals surface area contributed by atoms with Gasteiger partial charge in [0.05, 0.1) is 11.3 Å². The number of halogens is 2. The summed E-state index contributed by atoms with van der Waals surface area (Å²) in [4.78, 5) is 7.27. The Morgan fingerprint density at radius 2 is 2.05 bits per heavy atom. The molecule has 0 spiro atoms. The van der Waals surface area contributed by atoms with Gasteiger partial charge in [0.2, 0.25) is 0 Å². The quantitative estimate of drug-likeness (QED) is 0.626. The lowest BCUT2D eigenvalue weighted by molar-refractivity contribution is 0.457. The second-order valence-electron chi connectivity index (χ2n) is 4.32. The fourth-order valence-electron chi connectivity index (χ4n) is 2.00. The third-order valence-electron chi connectivity index (χ3n) is 2.93. The van der Waals surface area contributed by atoms with Crippen LogP contribution < -0.4 is 0 Å². The molecule has 3 aromatic rings. The zero-order chi connectivity index (χ0) is 14.1. The van der Waals surface area contributed by atoms with Crippen molar-refractivity contribution in [2.75, 3.05) is 0 Å². The van der Waals surface area contributed by atoms with Gasteiger partial charge in [0.1, 0.15) is 0 Å². The summed E-state index contributed by atoms with van der Waals surface area (Å²) in [7, 11) is 0. The lowest BCUT2D eigenvalue weighted by atomic mass is 10.2. The molecule has 0 atom stereocenters. The van der Waals surface area contributed by atoms with Gasteiger partial charge in [-0.05, 0) is 36.4 Å². The Morgan fingerprint density at radius 3 is 2.85 bits per heavy atom.